The molecule has 3 aromatic rings. The molecule has 1 aromatic carbocycles. The lowest BCUT2D eigenvalue weighted by Crippen LogP contribution is -2.27. The Morgan fingerprint density at radius 1 is 1.14 bits per heavy atom. The number of aromatic nitrogens is 2. The molecule has 0 unspecified atom stereocenters. The number of pyridine rings is 1. The zero-order valence-corrected chi connectivity index (χ0v) is 15.7. The first-order chi connectivity index (χ1) is 14.1. The number of anilines is 2. The van der Waals surface area contributed by atoms with E-state index in [0.717, 1.165) is 35.3 Å². The molecule has 8 heteroatoms. The van der Waals surface area contributed by atoms with Gasteiger partial charge < -0.3 is 20.3 Å². The van der Waals surface area contributed by atoms with E-state index in [1.807, 2.05) is 42.6 Å². The van der Waals surface area contributed by atoms with Gasteiger partial charge in [-0.05, 0) is 36.6 Å². The Labute approximate surface area is 167 Å². The molecule has 1 aliphatic heterocycles. The second-order valence-corrected chi connectivity index (χ2v) is 7.52. The molecule has 1 aliphatic carbocycles. The van der Waals surface area contributed by atoms with Crippen LogP contribution in [0.25, 0.3) is 11.1 Å². The summed E-state index contributed by atoms with van der Waals surface area (Å²) in [7, 11) is 0. The Bertz CT molecular complexity index is 998. The van der Waals surface area contributed by atoms with E-state index in [-0.39, 0.29) is 17.7 Å². The van der Waals surface area contributed by atoms with E-state index in [1.54, 1.807) is 11.0 Å². The number of cyclic esters (lactones) is 1. The van der Waals surface area contributed by atoms with Gasteiger partial charge in [-0.15, -0.1) is 0 Å². The largest absolute Gasteiger partial charge is 0.442 e. The van der Waals surface area contributed by atoms with Crippen molar-refractivity contribution in [1.29, 1.82) is 0 Å². The smallest absolute Gasteiger partial charge is 0.414 e. The number of ether oxygens (including phenoxy) is 1. The zero-order valence-electron chi connectivity index (χ0n) is 15.7. The van der Waals surface area contributed by atoms with Crippen LogP contribution in [0.1, 0.15) is 18.5 Å². The zero-order chi connectivity index (χ0) is 19.8. The maximum atomic E-state index is 12.3. The topological polar surface area (TPSA) is 107 Å². The molecule has 2 aliphatic rings. The number of hydrogen-bond acceptors (Lipinski definition) is 7. The molecule has 1 atom stereocenters. The Morgan fingerprint density at radius 3 is 2.59 bits per heavy atom. The van der Waals surface area contributed by atoms with Gasteiger partial charge in [0.25, 0.3) is 0 Å². The Morgan fingerprint density at radius 2 is 1.93 bits per heavy atom. The molecule has 0 radical (unpaired) electrons. The van der Waals surface area contributed by atoms with Gasteiger partial charge in [0.1, 0.15) is 12.4 Å². The van der Waals surface area contributed by atoms with Gasteiger partial charge >= 0.3 is 6.09 Å². The third-order valence-corrected chi connectivity index (χ3v) is 5.40. The molecule has 0 spiro atoms. The number of nitrogens with two attached hydrogens (primary N) is 1. The van der Waals surface area contributed by atoms with Crippen LogP contribution in [0.5, 0.6) is 0 Å². The first-order valence-corrected chi connectivity index (χ1v) is 9.59. The fourth-order valence-corrected chi connectivity index (χ4v) is 3.44. The van der Waals surface area contributed by atoms with E-state index in [4.69, 9.17) is 15.0 Å². The fourth-order valence-electron chi connectivity index (χ4n) is 3.44. The van der Waals surface area contributed by atoms with Gasteiger partial charge in [0.15, 0.2) is 5.82 Å². The van der Waals surface area contributed by atoms with Crippen LogP contribution < -0.4 is 16.0 Å². The van der Waals surface area contributed by atoms with E-state index < -0.39 is 0 Å². The summed E-state index contributed by atoms with van der Waals surface area (Å²) in [5.41, 5.74) is 9.77. The predicted octanol–water partition coefficient (Wildman–Crippen LogP) is 3.12. The molecule has 3 N–H and O–H groups in total. The lowest BCUT2D eigenvalue weighted by Gasteiger charge is -2.14. The Balaban J connectivity index is 1.24. The van der Waals surface area contributed by atoms with Crippen molar-refractivity contribution in [1.82, 2.24) is 10.1 Å². The monoisotopic (exact) mass is 391 g/mol. The van der Waals surface area contributed by atoms with Crippen molar-refractivity contribution in [2.24, 2.45) is 5.73 Å². The van der Waals surface area contributed by atoms with Crippen LogP contribution in [0.4, 0.5) is 16.3 Å². The summed E-state index contributed by atoms with van der Waals surface area (Å²) in [6, 6.07) is 13.6. The Kier molecular flexibility index (Phi) is 4.21. The molecule has 1 saturated carbocycles. The van der Waals surface area contributed by atoms with Crippen molar-refractivity contribution in [3.05, 3.63) is 60.6 Å². The highest BCUT2D eigenvalue weighted by Crippen LogP contribution is 2.41. The third-order valence-electron chi connectivity index (χ3n) is 5.40. The summed E-state index contributed by atoms with van der Waals surface area (Å²) in [5.74, 6) is 0.616. The van der Waals surface area contributed by atoms with Crippen molar-refractivity contribution in [2.75, 3.05) is 23.3 Å². The van der Waals surface area contributed by atoms with E-state index in [2.05, 4.69) is 15.5 Å². The van der Waals surface area contributed by atoms with Crippen LogP contribution in [0.2, 0.25) is 0 Å². The van der Waals surface area contributed by atoms with Crippen LogP contribution >= 0.6 is 0 Å². The molecule has 1 amide bonds. The standard InChI is InChI=1S/C21H21N5O3/c22-21(8-9-21)18-6-3-15(11-23-18)14-1-4-16(5-2-14)26-13-17(29-20(26)27)12-24-19-7-10-28-25-19/h1-7,10-11,17H,8-9,12-13,22H2,(H,24,25)/t17-/m0/s1. The molecular formula is C21H21N5O3. The molecule has 0 bridgehead atoms. The van der Waals surface area contributed by atoms with Gasteiger partial charge in [0, 0.05) is 23.5 Å². The number of hydrogen-bond donors (Lipinski definition) is 2. The maximum Gasteiger partial charge on any atom is 0.414 e. The summed E-state index contributed by atoms with van der Waals surface area (Å²) < 4.78 is 10.2. The minimum Gasteiger partial charge on any atom is -0.442 e. The number of nitrogens with one attached hydrogen (secondary N) is 1. The molecule has 1 saturated heterocycles. The fraction of sp³-hybridized carbons (Fsp3) is 0.286. The van der Waals surface area contributed by atoms with Crippen LogP contribution in [-0.2, 0) is 10.3 Å². The van der Waals surface area contributed by atoms with Crippen molar-refractivity contribution in [2.45, 2.75) is 24.5 Å². The van der Waals surface area contributed by atoms with Crippen LogP contribution in [0.15, 0.2) is 59.4 Å². The van der Waals surface area contributed by atoms with Gasteiger partial charge in [-0.25, -0.2) is 4.79 Å². The minimum atomic E-state index is -0.353. The molecule has 2 aromatic heterocycles. The third kappa shape index (κ3) is 3.54. The quantitative estimate of drug-likeness (QED) is 0.665. The van der Waals surface area contributed by atoms with Gasteiger partial charge in [0.05, 0.1) is 24.3 Å². The molecular weight excluding hydrogens is 370 g/mol. The highest BCUT2D eigenvalue weighted by molar-refractivity contribution is 5.90. The Hall–Kier alpha value is -3.39. The van der Waals surface area contributed by atoms with E-state index in [0.29, 0.717) is 18.9 Å². The second-order valence-electron chi connectivity index (χ2n) is 7.52. The summed E-state index contributed by atoms with van der Waals surface area (Å²) >= 11 is 0. The number of carbonyl (C=O) groups is 1. The van der Waals surface area contributed by atoms with Crippen molar-refractivity contribution in [3.63, 3.8) is 0 Å². The van der Waals surface area contributed by atoms with Gasteiger partial charge in [0.2, 0.25) is 0 Å². The predicted molar refractivity (Wildman–Crippen MR) is 107 cm³/mol. The van der Waals surface area contributed by atoms with Gasteiger partial charge in [-0.3, -0.25) is 9.88 Å². The summed E-state index contributed by atoms with van der Waals surface area (Å²) in [6.07, 6.45) is 4.71. The lowest BCUT2D eigenvalue weighted by molar-refractivity contribution is 0.147. The molecule has 29 heavy (non-hydrogen) atoms. The van der Waals surface area contributed by atoms with Crippen LogP contribution in [-0.4, -0.2) is 35.4 Å². The van der Waals surface area contributed by atoms with Gasteiger partial charge in [-0.1, -0.05) is 23.4 Å². The van der Waals surface area contributed by atoms with E-state index >= 15 is 0 Å². The van der Waals surface area contributed by atoms with Gasteiger partial charge in [-0.2, -0.15) is 0 Å². The molecule has 5 rings (SSSR count). The average molecular weight is 391 g/mol. The first-order valence-electron chi connectivity index (χ1n) is 9.59. The molecule has 148 valence electrons. The van der Waals surface area contributed by atoms with Crippen LogP contribution in [0.3, 0.4) is 0 Å². The minimum absolute atomic E-state index is 0.225. The normalized spacial score (nSPS) is 19.8. The summed E-state index contributed by atoms with van der Waals surface area (Å²) in [5, 5.41) is 6.87. The average Bonchev–Trinajstić information content (AvgIpc) is 3.15. The highest BCUT2D eigenvalue weighted by Gasteiger charge is 2.41. The van der Waals surface area contributed by atoms with E-state index in [9.17, 15) is 4.79 Å². The number of rotatable bonds is 6. The first kappa shape index (κ1) is 17.7. The lowest BCUT2D eigenvalue weighted by atomic mass is 10.1. The van der Waals surface area contributed by atoms with Crippen molar-refractivity contribution >= 4 is 17.6 Å². The molecule has 3 heterocycles. The van der Waals surface area contributed by atoms with Crippen molar-refractivity contribution < 1.29 is 14.1 Å². The van der Waals surface area contributed by atoms with E-state index in [1.165, 1.54) is 6.26 Å². The highest BCUT2D eigenvalue weighted by atomic mass is 16.6. The molecule has 2 fully saturated rings. The number of nitrogens with zero attached hydrogens (tertiary/aromatic N) is 3. The number of amides is 1. The number of benzene rings is 1. The molecule has 8 nitrogen and oxygen atoms in total. The SMILES string of the molecule is NC1(c2ccc(-c3ccc(N4C[C@H](CNc5ccon5)OC4=O)cc3)cn2)CC1. The maximum absolute atomic E-state index is 12.3. The summed E-state index contributed by atoms with van der Waals surface area (Å²) in [4.78, 5) is 18.4. The van der Waals surface area contributed by atoms with Crippen molar-refractivity contribution in [3.8, 4) is 11.1 Å². The number of carbonyl (C=O) groups excluding carboxylic acids is 1. The van der Waals surface area contributed by atoms with Crippen LogP contribution in [0, 0.1) is 0 Å². The second kappa shape index (κ2) is 6.89. The summed E-state index contributed by atoms with van der Waals surface area (Å²) in [6.45, 7) is 0.936.